The summed E-state index contributed by atoms with van der Waals surface area (Å²) < 4.78 is 32.5. The van der Waals surface area contributed by atoms with Gasteiger partial charge in [0, 0.05) is 71.9 Å². The Morgan fingerprint density at radius 2 is 0.886 bits per heavy atom. The Bertz CT molecular complexity index is 2000. The van der Waals surface area contributed by atoms with Crippen LogP contribution in [0.25, 0.3) is 0 Å². The Hall–Kier alpha value is 0.792. The summed E-state index contributed by atoms with van der Waals surface area (Å²) in [5.74, 6) is -0.346. The predicted molar refractivity (Wildman–Crippen MR) is 287 cm³/mol. The topological polar surface area (TPSA) is 227 Å². The average Bonchev–Trinajstić information content (AvgIpc) is 4.11. The molecule has 0 saturated heterocycles. The van der Waals surface area contributed by atoms with E-state index in [1.807, 2.05) is 66.0 Å². The molecule has 2 N–H and O–H groups in total. The minimum Gasteiger partial charge on any atom is -0.872 e. The Morgan fingerprint density at radius 3 is 1.16 bits per heavy atom. The summed E-state index contributed by atoms with van der Waals surface area (Å²) in [6.45, 7) is 13.3. The molecule has 0 fully saturated rings. The molecule has 0 radical (unpaired) electrons. The Labute approximate surface area is 492 Å². The third-order valence-electron chi connectivity index (χ3n) is 7.11. The number of halogens is 2. The first kappa shape index (κ1) is 72.9. The molecule has 4 aromatic carbocycles. The average molecular weight is 1360 g/mol. The smallest absolute Gasteiger partial charge is 0.872 e. The molecule has 2 heterocycles. The normalized spacial score (nSPS) is 12.6. The number of thioether (sulfide) groups is 6. The standard InChI is InChI=1S/C26H18Cl2N2O2S6.C5H5.3C4H10O3P.Co.H2O.Tb/c1-33-23-24(34-2)38-26(37-23)25-35-21-9-17(29-11-13-7-15(27)3-5-19(13)31)18(10-22(21)36-25)30-12-14-8-16(28)4-6-20(14)32;1-2-4-5-3-1;3*1-3-6-8(5)7-4-2;;;/h3-12,31-32H,1-2H3;1-5H;3*3-4H2,1-2H3;;1H2;/q;4*-1;+3;;+3/p-2. The molecule has 390 valence electrons. The maximum Gasteiger partial charge on any atom is 3.00 e. The fourth-order valence-electron chi connectivity index (χ4n) is 4.40. The molecule has 27 heteroatoms. The van der Waals surface area contributed by atoms with Crippen LogP contribution in [0.1, 0.15) is 52.7 Å². The minimum atomic E-state index is -1.83. The van der Waals surface area contributed by atoms with E-state index < -0.39 is 25.8 Å². The molecule has 0 aliphatic carbocycles. The number of rotatable bonds is 18. The number of fused-ring (bicyclic) bond motifs is 1. The van der Waals surface area contributed by atoms with Crippen molar-refractivity contribution in [1.29, 1.82) is 0 Å². The summed E-state index contributed by atoms with van der Waals surface area (Å²) in [6, 6.07) is 23.1. The summed E-state index contributed by atoms with van der Waals surface area (Å²) in [4.78, 5) is 42.4. The summed E-state index contributed by atoms with van der Waals surface area (Å²) in [5.41, 5.74) is 1.92. The summed E-state index contributed by atoms with van der Waals surface area (Å²) in [5, 5.41) is 25.5. The van der Waals surface area contributed by atoms with E-state index >= 15 is 0 Å². The molecule has 70 heavy (non-hydrogen) atoms. The molecule has 4 aromatic rings. The largest absolute Gasteiger partial charge is 3.00 e. The second-order valence-electron chi connectivity index (χ2n) is 11.8. The molecular weight excluding hydrogens is 1310 g/mol. The van der Waals surface area contributed by atoms with Crippen molar-refractivity contribution in [2.24, 2.45) is 9.98 Å². The first-order chi connectivity index (χ1) is 32.3. The summed E-state index contributed by atoms with van der Waals surface area (Å²) in [6.07, 6.45) is 7.21. The number of hydrogen-bond donors (Lipinski definition) is 0. The van der Waals surface area contributed by atoms with E-state index in [-0.39, 0.29) is 72.4 Å². The third-order valence-corrected chi connectivity index (χ3v) is 18.7. The fourth-order valence-corrected chi connectivity index (χ4v) is 14.1. The van der Waals surface area contributed by atoms with Crippen molar-refractivity contribution in [3.63, 3.8) is 0 Å². The molecule has 0 atom stereocenters. The van der Waals surface area contributed by atoms with E-state index in [0.717, 1.165) is 9.79 Å². The van der Waals surface area contributed by atoms with Gasteiger partial charge in [-0.1, -0.05) is 93.9 Å². The molecule has 0 aromatic heterocycles. The van der Waals surface area contributed by atoms with Gasteiger partial charge in [-0.3, -0.25) is 9.98 Å². The van der Waals surface area contributed by atoms with Crippen LogP contribution < -0.4 is 24.9 Å². The first-order valence-corrected chi connectivity index (χ1v) is 29.9. The van der Waals surface area contributed by atoms with Crippen LogP contribution >= 0.6 is 120 Å². The number of nitrogens with zero attached hydrogens (tertiary/aromatic N) is 2. The van der Waals surface area contributed by atoms with Crippen LogP contribution in [0.4, 0.5) is 11.4 Å². The van der Waals surface area contributed by atoms with Crippen molar-refractivity contribution >= 4 is 143 Å². The molecule has 0 saturated carbocycles. The van der Waals surface area contributed by atoms with Crippen LogP contribution in [0.3, 0.4) is 0 Å². The molecule has 0 amide bonds. The van der Waals surface area contributed by atoms with Crippen LogP contribution in [0.2, 0.25) is 10.0 Å². The zero-order valence-corrected chi connectivity index (χ0v) is 51.3. The van der Waals surface area contributed by atoms with Gasteiger partial charge in [-0.25, -0.2) is 12.1 Å². The van der Waals surface area contributed by atoms with Crippen molar-refractivity contribution in [3.8, 4) is 11.5 Å². The van der Waals surface area contributed by atoms with Gasteiger partial charge in [-0.15, -0.1) is 23.5 Å². The van der Waals surface area contributed by atoms with Gasteiger partial charge in [0.15, 0.2) is 0 Å². The fraction of sp³-hybridized carbons (Fsp3) is 0.326. The zero-order valence-electron chi connectivity index (χ0n) is 39.0. The summed E-state index contributed by atoms with van der Waals surface area (Å²) in [7, 11) is -5.49. The van der Waals surface area contributed by atoms with E-state index in [9.17, 15) is 24.9 Å². The second kappa shape index (κ2) is 43.8. The van der Waals surface area contributed by atoms with E-state index in [2.05, 4.69) is 49.6 Å². The van der Waals surface area contributed by atoms with Crippen molar-refractivity contribution in [3.05, 3.63) is 117 Å². The van der Waals surface area contributed by atoms with Crippen molar-refractivity contribution in [2.45, 2.75) is 51.3 Å². The van der Waals surface area contributed by atoms with Crippen molar-refractivity contribution < 1.29 is 113 Å². The molecule has 2 aliphatic rings. The number of aliphatic imine (C=N–C) groups is 2. The Morgan fingerprint density at radius 1 is 0.571 bits per heavy atom. The van der Waals surface area contributed by atoms with Gasteiger partial charge in [-0.2, -0.15) is 18.2 Å². The van der Waals surface area contributed by atoms with Gasteiger partial charge in [0.2, 0.25) is 0 Å². The Kier molecular flexibility index (Phi) is 45.6. The van der Waals surface area contributed by atoms with Crippen LogP contribution in [0.15, 0.2) is 116 Å². The maximum absolute atomic E-state index is 12.3. The quantitative estimate of drug-likeness (QED) is 0.0512. The molecule has 0 unspecified atom stereocenters. The van der Waals surface area contributed by atoms with Crippen LogP contribution in [-0.2, 0) is 43.9 Å². The van der Waals surface area contributed by atoms with Gasteiger partial charge in [0.1, 0.15) is 0 Å². The van der Waals surface area contributed by atoms with Gasteiger partial charge in [0.05, 0.1) is 54.1 Å². The van der Waals surface area contributed by atoms with E-state index in [1.165, 1.54) is 41.5 Å². The van der Waals surface area contributed by atoms with Gasteiger partial charge in [-0.05, 0) is 102 Å². The molecule has 0 spiro atoms. The van der Waals surface area contributed by atoms with Crippen molar-refractivity contribution in [1.82, 2.24) is 0 Å². The van der Waals surface area contributed by atoms with Gasteiger partial charge >= 0.3 is 55.4 Å². The summed E-state index contributed by atoms with van der Waals surface area (Å²) >= 11 is 22.7. The van der Waals surface area contributed by atoms with Crippen LogP contribution in [0, 0.1) is 38.6 Å². The zero-order chi connectivity index (χ0) is 49.6. The van der Waals surface area contributed by atoms with Crippen LogP contribution in [0.5, 0.6) is 11.5 Å². The van der Waals surface area contributed by atoms with Crippen molar-refractivity contribution in [2.75, 3.05) is 52.2 Å². The SMILES string of the molecule is CCOP([O-])OCC.CCOP([O-])OCC.CCOP([O-])OCC.CSC1=C(SC)SC(=C2Sc3cc(N=Cc4cc(Cl)ccc4[O-])c(N=Cc4cc(Cl)ccc4[O-])cc3S2)S1.O.[Co+3].[Tb+3].c1cc[cH-]c1. The first-order valence-electron chi connectivity index (χ1n) is 20.1. The van der Waals surface area contributed by atoms with E-state index in [0.29, 0.717) is 72.2 Å². The maximum atomic E-state index is 12.3. The second-order valence-corrected chi connectivity index (χ2v) is 22.4. The van der Waals surface area contributed by atoms with E-state index in [1.54, 1.807) is 113 Å². The molecule has 6 rings (SSSR count). The van der Waals surface area contributed by atoms with E-state index in [4.69, 9.17) is 23.2 Å². The monoisotopic (exact) mass is 1360 g/mol. The molecule has 0 bridgehead atoms. The van der Waals surface area contributed by atoms with Gasteiger partial charge < -0.3 is 57.5 Å². The molecule has 2 aliphatic heterocycles. The molecule has 14 nitrogen and oxygen atoms in total. The molecular formula is C43H53Cl2CoN2O12P3S6Tb. The number of benzene rings is 3. The third kappa shape index (κ3) is 29.3. The minimum absolute atomic E-state index is 0. The van der Waals surface area contributed by atoms with Crippen LogP contribution in [-0.4, -0.2) is 70.1 Å². The predicted octanol–water partition coefficient (Wildman–Crippen LogP) is 11.8. The Balaban J connectivity index is 0. The number of hydrogen-bond acceptors (Lipinski definition) is 19. The van der Waals surface area contributed by atoms with Gasteiger partial charge in [0.25, 0.3) is 0 Å².